The molecule has 90 valence electrons. The number of likely N-dealkylation sites (N-methyl/N-ethyl adjacent to an activating group) is 1. The maximum Gasteiger partial charge on any atom is 0.145 e. The molecule has 0 aromatic heterocycles. The minimum Gasteiger partial charge on any atom is -0.497 e. The first-order chi connectivity index (χ1) is 8.16. The first-order valence-electron chi connectivity index (χ1n) is 6.03. The Morgan fingerprint density at radius 1 is 1.47 bits per heavy atom. The minimum absolute atomic E-state index is 0.247. The van der Waals surface area contributed by atoms with Crippen LogP contribution >= 0.6 is 0 Å². The average Bonchev–Trinajstić information content (AvgIpc) is 2.61. The van der Waals surface area contributed by atoms with Gasteiger partial charge in [0.15, 0.2) is 0 Å². The van der Waals surface area contributed by atoms with Gasteiger partial charge in [-0.2, -0.15) is 0 Å². The lowest BCUT2D eigenvalue weighted by Crippen LogP contribution is -2.53. The third-order valence-electron chi connectivity index (χ3n) is 4.26. The Balaban J connectivity index is 2.04. The van der Waals surface area contributed by atoms with Crippen LogP contribution in [0.5, 0.6) is 5.75 Å². The van der Waals surface area contributed by atoms with Gasteiger partial charge in [0.2, 0.25) is 0 Å². The number of nitrogens with zero attached hydrogens (tertiary/aromatic N) is 1. The van der Waals surface area contributed by atoms with E-state index in [0.29, 0.717) is 11.7 Å². The molecule has 2 fully saturated rings. The van der Waals surface area contributed by atoms with Gasteiger partial charge in [-0.15, -0.1) is 0 Å². The molecular weight excluding hydrogens is 214 g/mol. The van der Waals surface area contributed by atoms with E-state index in [0.717, 1.165) is 30.8 Å². The van der Waals surface area contributed by atoms with Gasteiger partial charge in [-0.1, -0.05) is 12.1 Å². The molecule has 2 aliphatic rings. The smallest absolute Gasteiger partial charge is 0.145 e. The lowest BCUT2D eigenvalue weighted by molar-refractivity contribution is -0.134. The summed E-state index contributed by atoms with van der Waals surface area (Å²) in [5, 5.41) is 0. The van der Waals surface area contributed by atoms with E-state index in [1.165, 1.54) is 0 Å². The highest BCUT2D eigenvalue weighted by Gasteiger charge is 2.59. The molecule has 2 atom stereocenters. The molecule has 0 amide bonds. The Labute approximate surface area is 101 Å². The number of ketones is 1. The maximum atomic E-state index is 12.1. The molecule has 3 nitrogen and oxygen atoms in total. The Bertz CT molecular complexity index is 471. The monoisotopic (exact) mass is 231 g/mol. The molecule has 1 heterocycles. The Morgan fingerprint density at radius 2 is 2.29 bits per heavy atom. The van der Waals surface area contributed by atoms with Crippen molar-refractivity contribution < 1.29 is 9.53 Å². The summed E-state index contributed by atoms with van der Waals surface area (Å²) >= 11 is 0. The minimum atomic E-state index is -0.247. The number of Topliss-reactive ketones (excluding diaryl/α,β-unsaturated/α-hetero) is 1. The van der Waals surface area contributed by atoms with Gasteiger partial charge in [-0.3, -0.25) is 4.79 Å². The van der Waals surface area contributed by atoms with Gasteiger partial charge < -0.3 is 9.64 Å². The fourth-order valence-corrected chi connectivity index (χ4v) is 3.37. The molecule has 1 saturated heterocycles. The largest absolute Gasteiger partial charge is 0.497 e. The second-order valence-electron chi connectivity index (χ2n) is 5.22. The Morgan fingerprint density at radius 3 is 2.94 bits per heavy atom. The van der Waals surface area contributed by atoms with Gasteiger partial charge in [0.05, 0.1) is 12.5 Å². The predicted molar refractivity (Wildman–Crippen MR) is 65.3 cm³/mol. The zero-order valence-electron chi connectivity index (χ0n) is 10.3. The maximum absolute atomic E-state index is 12.1. The number of methoxy groups -OCH3 is 1. The van der Waals surface area contributed by atoms with Gasteiger partial charge in [0.25, 0.3) is 0 Å². The topological polar surface area (TPSA) is 29.5 Å². The Kier molecular flexibility index (Phi) is 2.26. The standard InChI is InChI=1S/C14H17NO2/c1-15-8-11-7-13(16)14(11,9-15)10-4-3-5-12(6-10)17-2/h3-6,11H,7-9H2,1-2H3/t11-,14+/m1/s1. The molecular formula is C14H17NO2. The molecule has 1 aliphatic carbocycles. The van der Waals surface area contributed by atoms with Crippen molar-refractivity contribution in [2.45, 2.75) is 11.8 Å². The number of hydrogen-bond acceptors (Lipinski definition) is 3. The third-order valence-corrected chi connectivity index (χ3v) is 4.26. The van der Waals surface area contributed by atoms with E-state index in [9.17, 15) is 4.79 Å². The summed E-state index contributed by atoms with van der Waals surface area (Å²) in [4.78, 5) is 14.4. The fraction of sp³-hybridized carbons (Fsp3) is 0.500. The molecule has 1 aromatic carbocycles. The van der Waals surface area contributed by atoms with Crippen molar-refractivity contribution in [3.63, 3.8) is 0 Å². The quantitative estimate of drug-likeness (QED) is 0.772. The van der Waals surface area contributed by atoms with Crippen molar-refractivity contribution in [1.82, 2.24) is 4.90 Å². The van der Waals surface area contributed by atoms with E-state index in [2.05, 4.69) is 18.0 Å². The molecule has 17 heavy (non-hydrogen) atoms. The van der Waals surface area contributed by atoms with Crippen molar-refractivity contribution >= 4 is 5.78 Å². The zero-order chi connectivity index (χ0) is 12.0. The van der Waals surface area contributed by atoms with Crippen LogP contribution in [0, 0.1) is 5.92 Å². The summed E-state index contributed by atoms with van der Waals surface area (Å²) in [6.45, 7) is 1.88. The van der Waals surface area contributed by atoms with Crippen LogP contribution in [0.2, 0.25) is 0 Å². The number of hydrogen-bond donors (Lipinski definition) is 0. The molecule has 1 aromatic rings. The zero-order valence-corrected chi connectivity index (χ0v) is 10.3. The van der Waals surface area contributed by atoms with Crippen LogP contribution in [0.1, 0.15) is 12.0 Å². The second kappa shape index (κ2) is 3.57. The summed E-state index contributed by atoms with van der Waals surface area (Å²) in [5.41, 5.74) is 0.881. The van der Waals surface area contributed by atoms with Crippen molar-refractivity contribution in [1.29, 1.82) is 0 Å². The predicted octanol–water partition coefficient (Wildman–Crippen LogP) is 1.47. The van der Waals surface area contributed by atoms with E-state index in [1.807, 2.05) is 18.2 Å². The van der Waals surface area contributed by atoms with Crippen LogP contribution in [0.25, 0.3) is 0 Å². The number of benzene rings is 1. The van der Waals surface area contributed by atoms with E-state index >= 15 is 0 Å². The molecule has 0 radical (unpaired) electrons. The summed E-state index contributed by atoms with van der Waals surface area (Å²) in [5.74, 6) is 1.72. The van der Waals surface area contributed by atoms with Crippen LogP contribution in [0.15, 0.2) is 24.3 Å². The van der Waals surface area contributed by atoms with E-state index < -0.39 is 0 Å². The highest BCUT2D eigenvalue weighted by atomic mass is 16.5. The molecule has 1 aliphatic heterocycles. The molecule has 0 N–H and O–H groups in total. The van der Waals surface area contributed by atoms with Crippen molar-refractivity contribution in [2.24, 2.45) is 5.92 Å². The molecule has 3 rings (SSSR count). The molecule has 0 bridgehead atoms. The Hall–Kier alpha value is -1.35. The molecule has 0 unspecified atom stereocenters. The summed E-state index contributed by atoms with van der Waals surface area (Å²) in [7, 11) is 3.76. The van der Waals surface area contributed by atoms with Gasteiger partial charge >= 0.3 is 0 Å². The number of carbonyl (C=O) groups is 1. The fourth-order valence-electron chi connectivity index (χ4n) is 3.37. The summed E-state index contributed by atoms with van der Waals surface area (Å²) < 4.78 is 5.26. The van der Waals surface area contributed by atoms with Crippen LogP contribution in [-0.4, -0.2) is 37.9 Å². The number of fused-ring (bicyclic) bond motifs is 1. The molecule has 1 saturated carbocycles. The van der Waals surface area contributed by atoms with Crippen LogP contribution in [0.3, 0.4) is 0 Å². The SMILES string of the molecule is COc1cccc([C@@]23CN(C)C[C@H]2CC3=O)c1. The van der Waals surface area contributed by atoms with E-state index in [1.54, 1.807) is 7.11 Å². The van der Waals surface area contributed by atoms with Gasteiger partial charge in [0, 0.05) is 19.5 Å². The normalized spacial score (nSPS) is 32.1. The summed E-state index contributed by atoms with van der Waals surface area (Å²) in [6.07, 6.45) is 0.738. The highest BCUT2D eigenvalue weighted by molar-refractivity contribution is 5.98. The lowest BCUT2D eigenvalue weighted by atomic mass is 9.57. The third kappa shape index (κ3) is 1.35. The average molecular weight is 231 g/mol. The first-order valence-corrected chi connectivity index (χ1v) is 6.03. The van der Waals surface area contributed by atoms with Gasteiger partial charge in [-0.25, -0.2) is 0 Å². The van der Waals surface area contributed by atoms with Crippen LogP contribution < -0.4 is 4.74 Å². The lowest BCUT2D eigenvalue weighted by Gasteiger charge is -2.42. The van der Waals surface area contributed by atoms with Crippen LogP contribution in [-0.2, 0) is 10.2 Å². The van der Waals surface area contributed by atoms with Gasteiger partial charge in [0.1, 0.15) is 11.5 Å². The van der Waals surface area contributed by atoms with Crippen molar-refractivity contribution in [3.05, 3.63) is 29.8 Å². The molecule has 0 spiro atoms. The first kappa shape index (κ1) is 10.8. The molecule has 3 heteroatoms. The van der Waals surface area contributed by atoms with Crippen molar-refractivity contribution in [2.75, 3.05) is 27.2 Å². The van der Waals surface area contributed by atoms with E-state index in [4.69, 9.17) is 4.74 Å². The number of ether oxygens (including phenoxy) is 1. The number of likely N-dealkylation sites (tertiary alicyclic amines) is 1. The second-order valence-corrected chi connectivity index (χ2v) is 5.22. The van der Waals surface area contributed by atoms with Gasteiger partial charge in [-0.05, 0) is 30.7 Å². The number of rotatable bonds is 2. The number of carbonyl (C=O) groups excluding carboxylic acids is 1. The highest BCUT2D eigenvalue weighted by Crippen LogP contribution is 2.50. The summed E-state index contributed by atoms with van der Waals surface area (Å²) in [6, 6.07) is 7.98. The van der Waals surface area contributed by atoms with Crippen LogP contribution in [0.4, 0.5) is 0 Å². The van der Waals surface area contributed by atoms with E-state index in [-0.39, 0.29) is 5.41 Å². The van der Waals surface area contributed by atoms with Crippen molar-refractivity contribution in [3.8, 4) is 5.75 Å².